The average Bonchev–Trinajstić information content (AvgIpc) is 3.19. The van der Waals surface area contributed by atoms with Crippen LogP contribution < -0.4 is 5.32 Å². The fourth-order valence-corrected chi connectivity index (χ4v) is 2.95. The first kappa shape index (κ1) is 13.9. The average molecular weight is 278 g/mol. The van der Waals surface area contributed by atoms with Crippen molar-refractivity contribution in [2.24, 2.45) is 5.92 Å². The monoisotopic (exact) mass is 278 g/mol. The van der Waals surface area contributed by atoms with Crippen molar-refractivity contribution in [1.29, 1.82) is 0 Å². The van der Waals surface area contributed by atoms with Crippen molar-refractivity contribution < 1.29 is 0 Å². The highest BCUT2D eigenvalue weighted by molar-refractivity contribution is 4.91. The van der Waals surface area contributed by atoms with Crippen LogP contribution in [0.2, 0.25) is 0 Å². The Morgan fingerprint density at radius 3 is 2.65 bits per heavy atom. The number of aromatic nitrogens is 4. The molecule has 1 aromatic rings. The fourth-order valence-electron chi connectivity index (χ4n) is 2.95. The highest BCUT2D eigenvalue weighted by Crippen LogP contribution is 2.34. The minimum Gasteiger partial charge on any atom is -0.317 e. The van der Waals surface area contributed by atoms with E-state index < -0.39 is 0 Å². The van der Waals surface area contributed by atoms with E-state index >= 15 is 0 Å². The molecule has 2 aliphatic rings. The van der Waals surface area contributed by atoms with Crippen LogP contribution in [0, 0.1) is 5.92 Å². The van der Waals surface area contributed by atoms with E-state index in [1.807, 2.05) is 4.68 Å². The second kappa shape index (κ2) is 6.18. The Kier molecular flexibility index (Phi) is 4.31. The Hall–Kier alpha value is -1.01. The summed E-state index contributed by atoms with van der Waals surface area (Å²) in [7, 11) is 0. The van der Waals surface area contributed by atoms with Crippen LogP contribution in [0.3, 0.4) is 0 Å². The van der Waals surface area contributed by atoms with E-state index in [0.717, 1.165) is 37.9 Å². The molecule has 0 bridgehead atoms. The lowest BCUT2D eigenvalue weighted by molar-refractivity contribution is 0.155. The van der Waals surface area contributed by atoms with Crippen molar-refractivity contribution in [3.8, 4) is 0 Å². The Morgan fingerprint density at radius 2 is 2.00 bits per heavy atom. The lowest BCUT2D eigenvalue weighted by Crippen LogP contribution is -2.39. The molecule has 20 heavy (non-hydrogen) atoms. The summed E-state index contributed by atoms with van der Waals surface area (Å²) < 4.78 is 2.04. The quantitative estimate of drug-likeness (QED) is 0.848. The molecule has 1 aliphatic heterocycles. The van der Waals surface area contributed by atoms with Gasteiger partial charge in [-0.25, -0.2) is 4.68 Å². The van der Waals surface area contributed by atoms with Crippen LogP contribution in [-0.2, 0) is 6.54 Å². The molecule has 2 fully saturated rings. The summed E-state index contributed by atoms with van der Waals surface area (Å²) in [4.78, 5) is 2.53. The zero-order valence-corrected chi connectivity index (χ0v) is 12.6. The zero-order valence-electron chi connectivity index (χ0n) is 12.6. The molecule has 1 aromatic heterocycles. The third-order valence-electron chi connectivity index (χ3n) is 4.48. The topological polar surface area (TPSA) is 58.9 Å². The number of hydrogen-bond acceptors (Lipinski definition) is 5. The third-order valence-corrected chi connectivity index (χ3v) is 4.48. The van der Waals surface area contributed by atoms with E-state index in [-0.39, 0.29) is 0 Å². The second-order valence-electron chi connectivity index (χ2n) is 6.49. The largest absolute Gasteiger partial charge is 0.317 e. The van der Waals surface area contributed by atoms with Gasteiger partial charge in [0.2, 0.25) is 0 Å². The standard InChI is InChI=1S/C14H26N6/c1-11(2)19(9-12-5-7-15-8-6-12)10-14-16-17-18-20(14)13-3-4-13/h11-13,15H,3-10H2,1-2H3. The number of hydrogen-bond donors (Lipinski definition) is 1. The molecule has 0 atom stereocenters. The highest BCUT2D eigenvalue weighted by Gasteiger charge is 2.29. The van der Waals surface area contributed by atoms with Gasteiger partial charge in [0.25, 0.3) is 0 Å². The van der Waals surface area contributed by atoms with E-state index in [4.69, 9.17) is 0 Å². The Bertz CT molecular complexity index is 419. The molecule has 0 aromatic carbocycles. The SMILES string of the molecule is CC(C)N(Cc1nnnn1C1CC1)CC1CCNCC1. The molecule has 6 heteroatoms. The maximum atomic E-state index is 4.24. The van der Waals surface area contributed by atoms with Gasteiger partial charge in [0.1, 0.15) is 0 Å². The molecule has 0 spiro atoms. The van der Waals surface area contributed by atoms with Crippen molar-refractivity contribution in [3.63, 3.8) is 0 Å². The summed E-state index contributed by atoms with van der Waals surface area (Å²) in [5.74, 6) is 1.85. The minimum absolute atomic E-state index is 0.536. The summed E-state index contributed by atoms with van der Waals surface area (Å²) in [6.07, 6.45) is 5.04. The molecule has 0 radical (unpaired) electrons. The lowest BCUT2D eigenvalue weighted by Gasteiger charge is -2.32. The van der Waals surface area contributed by atoms with Crippen LogP contribution in [0.5, 0.6) is 0 Å². The first-order valence-electron chi connectivity index (χ1n) is 7.95. The van der Waals surface area contributed by atoms with Gasteiger partial charge < -0.3 is 5.32 Å². The van der Waals surface area contributed by atoms with Crippen LogP contribution in [0.4, 0.5) is 0 Å². The Labute approximate surface area is 120 Å². The summed E-state index contributed by atoms with van der Waals surface area (Å²) in [6, 6.07) is 1.10. The molecular formula is C14H26N6. The van der Waals surface area contributed by atoms with Crippen molar-refractivity contribution in [2.45, 2.75) is 58.2 Å². The first-order chi connectivity index (χ1) is 9.74. The number of nitrogens with one attached hydrogen (secondary N) is 1. The van der Waals surface area contributed by atoms with Gasteiger partial charge in [-0.1, -0.05) is 0 Å². The molecule has 1 saturated carbocycles. The molecule has 0 amide bonds. The summed E-state index contributed by atoms with van der Waals surface area (Å²) in [5.41, 5.74) is 0. The van der Waals surface area contributed by atoms with Gasteiger partial charge in [-0.05, 0) is 69.0 Å². The Balaban J connectivity index is 1.62. The van der Waals surface area contributed by atoms with Gasteiger partial charge in [0, 0.05) is 12.6 Å². The second-order valence-corrected chi connectivity index (χ2v) is 6.49. The maximum absolute atomic E-state index is 4.24. The van der Waals surface area contributed by atoms with E-state index in [9.17, 15) is 0 Å². The van der Waals surface area contributed by atoms with Crippen LogP contribution in [-0.4, -0.2) is 50.8 Å². The van der Waals surface area contributed by atoms with Crippen LogP contribution in [0.15, 0.2) is 0 Å². The molecule has 112 valence electrons. The van der Waals surface area contributed by atoms with E-state index in [2.05, 4.69) is 39.6 Å². The van der Waals surface area contributed by atoms with Crippen LogP contribution in [0.1, 0.15) is 51.4 Å². The van der Waals surface area contributed by atoms with Gasteiger partial charge in [0.05, 0.1) is 12.6 Å². The van der Waals surface area contributed by atoms with E-state index in [0.29, 0.717) is 12.1 Å². The minimum atomic E-state index is 0.536. The number of piperidine rings is 1. The number of nitrogens with zero attached hydrogens (tertiary/aromatic N) is 5. The zero-order chi connectivity index (χ0) is 13.9. The molecular weight excluding hydrogens is 252 g/mol. The molecule has 1 saturated heterocycles. The van der Waals surface area contributed by atoms with Gasteiger partial charge in [0.15, 0.2) is 5.82 Å². The van der Waals surface area contributed by atoms with Crippen molar-refractivity contribution in [3.05, 3.63) is 5.82 Å². The number of rotatable bonds is 6. The molecule has 6 nitrogen and oxygen atoms in total. The predicted molar refractivity (Wildman–Crippen MR) is 77.2 cm³/mol. The smallest absolute Gasteiger partial charge is 0.165 e. The van der Waals surface area contributed by atoms with Gasteiger partial charge in [-0.15, -0.1) is 5.10 Å². The number of tetrazole rings is 1. The lowest BCUT2D eigenvalue weighted by atomic mass is 9.97. The van der Waals surface area contributed by atoms with Gasteiger partial charge in [-0.2, -0.15) is 0 Å². The van der Waals surface area contributed by atoms with Crippen LogP contribution >= 0.6 is 0 Å². The third kappa shape index (κ3) is 3.35. The summed E-state index contributed by atoms with van der Waals surface area (Å²) >= 11 is 0. The highest BCUT2D eigenvalue weighted by atomic mass is 15.6. The molecule has 1 aliphatic carbocycles. The van der Waals surface area contributed by atoms with Gasteiger partial charge in [-0.3, -0.25) is 4.90 Å². The predicted octanol–water partition coefficient (Wildman–Crippen LogP) is 1.22. The maximum Gasteiger partial charge on any atom is 0.165 e. The van der Waals surface area contributed by atoms with Gasteiger partial charge >= 0.3 is 0 Å². The molecule has 1 N–H and O–H groups in total. The summed E-state index contributed by atoms with van der Waals surface area (Å²) in [6.45, 7) is 8.91. The molecule has 3 rings (SSSR count). The molecule has 2 heterocycles. The fraction of sp³-hybridized carbons (Fsp3) is 0.929. The van der Waals surface area contributed by atoms with Crippen molar-refractivity contribution >= 4 is 0 Å². The van der Waals surface area contributed by atoms with Crippen molar-refractivity contribution in [2.75, 3.05) is 19.6 Å². The summed E-state index contributed by atoms with van der Waals surface area (Å²) in [5, 5.41) is 15.7. The Morgan fingerprint density at radius 1 is 1.25 bits per heavy atom. The normalized spacial score (nSPS) is 21.0. The van der Waals surface area contributed by atoms with E-state index in [1.54, 1.807) is 0 Å². The van der Waals surface area contributed by atoms with E-state index in [1.165, 1.54) is 25.7 Å². The first-order valence-corrected chi connectivity index (χ1v) is 7.95. The van der Waals surface area contributed by atoms with Crippen LogP contribution in [0.25, 0.3) is 0 Å². The molecule has 0 unspecified atom stereocenters. The van der Waals surface area contributed by atoms with Crippen molar-refractivity contribution in [1.82, 2.24) is 30.4 Å².